The Bertz CT molecular complexity index is 485. The lowest BCUT2D eigenvalue weighted by molar-refractivity contribution is -0.121. The molecule has 0 aromatic heterocycles. The Morgan fingerprint density at radius 1 is 1.47 bits per heavy atom. The fraction of sp³-hybridized carbons (Fsp3) is 0.182. The normalized spacial score (nSPS) is 13.4. The van der Waals surface area contributed by atoms with E-state index in [4.69, 9.17) is 4.74 Å². The number of nitrogens with zero attached hydrogens (tertiary/aromatic N) is 2. The van der Waals surface area contributed by atoms with Crippen molar-refractivity contribution in [3.05, 3.63) is 28.7 Å². The first kappa shape index (κ1) is 11.8. The molecule has 6 heteroatoms. The number of amidine groups is 1. The topological polar surface area (TPSA) is 63.0 Å². The number of amides is 1. The Kier molecular flexibility index (Phi) is 3.87. The zero-order chi connectivity index (χ0) is 12.1. The molecule has 0 bridgehead atoms. The van der Waals surface area contributed by atoms with Crippen LogP contribution >= 0.6 is 15.9 Å². The maximum absolute atomic E-state index is 11.5. The molecule has 1 aliphatic rings. The average Bonchev–Trinajstić information content (AvgIpc) is 2.81. The second-order valence-electron chi connectivity index (χ2n) is 3.32. The summed E-state index contributed by atoms with van der Waals surface area (Å²) in [5.74, 6) is 0.933. The molecule has 1 heterocycles. The van der Waals surface area contributed by atoms with Crippen molar-refractivity contribution < 1.29 is 9.53 Å². The number of halogens is 1. The van der Waals surface area contributed by atoms with Crippen LogP contribution in [-0.4, -0.2) is 24.6 Å². The number of hydrogen-bond donors (Lipinski definition) is 1. The van der Waals surface area contributed by atoms with Crippen LogP contribution in [0, 0.1) is 0 Å². The van der Waals surface area contributed by atoms with Crippen molar-refractivity contribution in [1.82, 2.24) is 5.32 Å². The third-order valence-electron chi connectivity index (χ3n) is 2.02. The van der Waals surface area contributed by atoms with Gasteiger partial charge >= 0.3 is 0 Å². The molecule has 1 aliphatic heterocycles. The third kappa shape index (κ3) is 3.39. The summed E-state index contributed by atoms with van der Waals surface area (Å²) < 4.78 is 6.17. The Morgan fingerprint density at radius 3 is 3.00 bits per heavy atom. The van der Waals surface area contributed by atoms with Crippen molar-refractivity contribution in [2.24, 2.45) is 10.2 Å². The molecule has 0 saturated heterocycles. The summed E-state index contributed by atoms with van der Waals surface area (Å²) in [6, 6.07) is 7.35. The second kappa shape index (κ2) is 5.58. The summed E-state index contributed by atoms with van der Waals surface area (Å²) >= 11 is 3.33. The summed E-state index contributed by atoms with van der Waals surface area (Å²) in [5.41, 5.74) is 0. The minimum Gasteiger partial charge on any atom is -0.483 e. The molecule has 0 unspecified atom stereocenters. The van der Waals surface area contributed by atoms with Crippen LogP contribution in [0.3, 0.4) is 0 Å². The van der Waals surface area contributed by atoms with E-state index in [1.807, 2.05) is 18.2 Å². The van der Waals surface area contributed by atoms with Crippen LogP contribution in [0.5, 0.6) is 5.75 Å². The fourth-order valence-corrected chi connectivity index (χ4v) is 1.66. The quantitative estimate of drug-likeness (QED) is 0.923. The average molecular weight is 296 g/mol. The molecule has 5 nitrogen and oxygen atoms in total. The van der Waals surface area contributed by atoms with E-state index in [0.29, 0.717) is 18.0 Å². The van der Waals surface area contributed by atoms with Crippen LogP contribution in [0.15, 0.2) is 38.9 Å². The molecule has 1 amide bonds. The lowest BCUT2D eigenvalue weighted by Gasteiger charge is -2.07. The summed E-state index contributed by atoms with van der Waals surface area (Å²) in [6.45, 7) is -0.0539. The summed E-state index contributed by atoms with van der Waals surface area (Å²) in [6.07, 6.45) is 2.19. The van der Waals surface area contributed by atoms with Crippen LogP contribution in [0.2, 0.25) is 0 Å². The van der Waals surface area contributed by atoms with Gasteiger partial charge in [0.25, 0.3) is 5.91 Å². The molecule has 17 heavy (non-hydrogen) atoms. The Hall–Kier alpha value is -1.69. The van der Waals surface area contributed by atoms with Gasteiger partial charge in [0.2, 0.25) is 0 Å². The molecule has 0 spiro atoms. The van der Waals surface area contributed by atoms with Gasteiger partial charge in [-0.05, 0) is 28.1 Å². The smallest absolute Gasteiger partial charge is 0.263 e. The highest BCUT2D eigenvalue weighted by Gasteiger charge is 2.09. The van der Waals surface area contributed by atoms with Crippen molar-refractivity contribution in [2.45, 2.75) is 6.42 Å². The third-order valence-corrected chi connectivity index (χ3v) is 2.68. The van der Waals surface area contributed by atoms with Gasteiger partial charge in [0.05, 0.1) is 4.47 Å². The van der Waals surface area contributed by atoms with Gasteiger partial charge < -0.3 is 10.1 Å². The van der Waals surface area contributed by atoms with E-state index in [1.54, 1.807) is 12.3 Å². The zero-order valence-corrected chi connectivity index (χ0v) is 10.5. The lowest BCUT2D eigenvalue weighted by Crippen LogP contribution is -2.33. The minimum absolute atomic E-state index is 0.0539. The highest BCUT2D eigenvalue weighted by Crippen LogP contribution is 2.23. The lowest BCUT2D eigenvalue weighted by atomic mass is 10.3. The number of carbonyl (C=O) groups is 1. The highest BCUT2D eigenvalue weighted by molar-refractivity contribution is 9.10. The molecule has 1 aromatic carbocycles. The van der Waals surface area contributed by atoms with Crippen molar-refractivity contribution in [3.63, 3.8) is 0 Å². The standard InChI is InChI=1S/C11H10BrN3O2/c12-8-3-1-2-4-9(8)17-7-11(16)14-10-5-6-13-15-10/h1-4,6H,5,7H2,(H,14,15,16). The molecule has 0 fully saturated rings. The summed E-state index contributed by atoms with van der Waals surface area (Å²) in [7, 11) is 0. The molecule has 0 aliphatic carbocycles. The van der Waals surface area contributed by atoms with Crippen LogP contribution in [0.4, 0.5) is 0 Å². The molecule has 0 atom stereocenters. The van der Waals surface area contributed by atoms with E-state index in [2.05, 4.69) is 31.4 Å². The number of hydrogen-bond acceptors (Lipinski definition) is 4. The molecule has 1 aromatic rings. The predicted molar refractivity (Wildman–Crippen MR) is 68.3 cm³/mol. The first-order valence-corrected chi connectivity index (χ1v) is 5.80. The van der Waals surface area contributed by atoms with E-state index in [-0.39, 0.29) is 12.5 Å². The van der Waals surface area contributed by atoms with E-state index in [1.165, 1.54) is 0 Å². The van der Waals surface area contributed by atoms with Gasteiger partial charge in [0.1, 0.15) is 11.6 Å². The van der Waals surface area contributed by atoms with Gasteiger partial charge in [0.15, 0.2) is 6.61 Å². The fourth-order valence-electron chi connectivity index (χ4n) is 1.26. The van der Waals surface area contributed by atoms with Crippen LogP contribution in [-0.2, 0) is 4.79 Å². The number of rotatable bonds is 3. The monoisotopic (exact) mass is 295 g/mol. The molecule has 0 radical (unpaired) electrons. The van der Waals surface area contributed by atoms with E-state index in [0.717, 1.165) is 4.47 Å². The van der Waals surface area contributed by atoms with Gasteiger partial charge in [-0.2, -0.15) is 5.10 Å². The van der Waals surface area contributed by atoms with Crippen LogP contribution in [0.1, 0.15) is 6.42 Å². The molecular formula is C11H10BrN3O2. The molecule has 0 saturated carbocycles. The Labute approximate surface area is 107 Å². The Morgan fingerprint density at radius 2 is 2.29 bits per heavy atom. The van der Waals surface area contributed by atoms with E-state index < -0.39 is 0 Å². The maximum atomic E-state index is 11.5. The van der Waals surface area contributed by atoms with Crippen molar-refractivity contribution in [2.75, 3.05) is 6.61 Å². The van der Waals surface area contributed by atoms with Gasteiger partial charge in [-0.15, -0.1) is 5.10 Å². The number of para-hydroxylation sites is 1. The first-order chi connectivity index (χ1) is 8.25. The van der Waals surface area contributed by atoms with Crippen LogP contribution < -0.4 is 10.1 Å². The Balaban J connectivity index is 1.82. The SMILES string of the molecule is O=C(COc1ccccc1Br)NC1=NN=CC1. The van der Waals surface area contributed by atoms with Crippen LogP contribution in [0.25, 0.3) is 0 Å². The highest BCUT2D eigenvalue weighted by atomic mass is 79.9. The molecule has 1 N–H and O–H groups in total. The van der Waals surface area contributed by atoms with Crippen molar-refractivity contribution in [1.29, 1.82) is 0 Å². The number of benzene rings is 1. The number of carbonyl (C=O) groups excluding carboxylic acids is 1. The van der Waals surface area contributed by atoms with Gasteiger partial charge in [0, 0.05) is 12.6 Å². The number of ether oxygens (including phenoxy) is 1. The zero-order valence-electron chi connectivity index (χ0n) is 8.89. The van der Waals surface area contributed by atoms with Crippen molar-refractivity contribution >= 4 is 33.9 Å². The largest absolute Gasteiger partial charge is 0.483 e. The van der Waals surface area contributed by atoms with E-state index >= 15 is 0 Å². The molecular weight excluding hydrogens is 286 g/mol. The first-order valence-electron chi connectivity index (χ1n) is 5.01. The minimum atomic E-state index is -0.245. The second-order valence-corrected chi connectivity index (χ2v) is 4.17. The predicted octanol–water partition coefficient (Wildman–Crippen LogP) is 1.73. The number of nitrogens with one attached hydrogen (secondary N) is 1. The summed E-state index contributed by atoms with van der Waals surface area (Å²) in [4.78, 5) is 11.5. The van der Waals surface area contributed by atoms with Crippen molar-refractivity contribution in [3.8, 4) is 5.75 Å². The van der Waals surface area contributed by atoms with Gasteiger partial charge in [-0.1, -0.05) is 12.1 Å². The molecule has 88 valence electrons. The van der Waals surface area contributed by atoms with E-state index in [9.17, 15) is 4.79 Å². The maximum Gasteiger partial charge on any atom is 0.263 e. The molecule has 2 rings (SSSR count). The van der Waals surface area contributed by atoms with Gasteiger partial charge in [-0.25, -0.2) is 0 Å². The summed E-state index contributed by atoms with van der Waals surface area (Å²) in [5, 5.41) is 10.0. The van der Waals surface area contributed by atoms with Gasteiger partial charge in [-0.3, -0.25) is 4.79 Å².